The molecule has 0 saturated carbocycles. The molecule has 2 aromatic heterocycles. The van der Waals surface area contributed by atoms with Crippen LogP contribution in [0.15, 0.2) is 36.5 Å². The summed E-state index contributed by atoms with van der Waals surface area (Å²) in [5.41, 5.74) is 8.03. The van der Waals surface area contributed by atoms with Gasteiger partial charge in [-0.25, -0.2) is 0 Å². The van der Waals surface area contributed by atoms with Crippen LogP contribution < -0.4 is 11.1 Å². The van der Waals surface area contributed by atoms with E-state index in [0.29, 0.717) is 17.7 Å². The molecule has 0 radical (unpaired) electrons. The molecule has 1 unspecified atom stereocenters. The number of nitrogens with one attached hydrogen (secondary N) is 1. The van der Waals surface area contributed by atoms with Crippen molar-refractivity contribution in [3.63, 3.8) is 0 Å². The molecule has 0 amide bonds. The third-order valence-electron chi connectivity index (χ3n) is 3.89. The maximum absolute atomic E-state index is 5.98. The Hall–Kier alpha value is -2.63. The van der Waals surface area contributed by atoms with Gasteiger partial charge in [-0.2, -0.15) is 15.1 Å². The summed E-state index contributed by atoms with van der Waals surface area (Å²) in [5, 5.41) is 8.24. The fraction of sp³-hybridized carbons (Fsp3) is 0.312. The van der Waals surface area contributed by atoms with Gasteiger partial charge in [-0.15, -0.1) is 0 Å². The van der Waals surface area contributed by atoms with Crippen LogP contribution >= 0.6 is 0 Å². The Balaban J connectivity index is 1.79. The van der Waals surface area contributed by atoms with Crippen molar-refractivity contribution in [2.75, 3.05) is 17.6 Å². The molecule has 3 N–H and O–H groups in total. The van der Waals surface area contributed by atoms with Crippen molar-refractivity contribution in [2.24, 2.45) is 7.05 Å². The van der Waals surface area contributed by atoms with Crippen LogP contribution in [0.25, 0.3) is 11.0 Å². The molecule has 3 aromatic rings. The van der Waals surface area contributed by atoms with Crippen LogP contribution in [0, 0.1) is 0 Å². The summed E-state index contributed by atoms with van der Waals surface area (Å²) in [5.74, 6) is 1.41. The summed E-state index contributed by atoms with van der Waals surface area (Å²) in [6.45, 7) is 2.95. The van der Waals surface area contributed by atoms with Crippen molar-refractivity contribution in [1.29, 1.82) is 0 Å². The standard InChI is InChI=1S/C16H20N6/c1-3-11(12-7-5-4-6-8-12)9-18-16-20-14(17)13-10-19-22(2)15(13)21-16/h4-8,10-11H,3,9H2,1-2H3,(H3,17,18,20,21). The predicted molar refractivity (Wildman–Crippen MR) is 88.7 cm³/mol. The minimum absolute atomic E-state index is 0.410. The van der Waals surface area contributed by atoms with Gasteiger partial charge in [-0.1, -0.05) is 37.3 Å². The molecule has 0 fully saturated rings. The van der Waals surface area contributed by atoms with Crippen LogP contribution in [-0.4, -0.2) is 26.3 Å². The van der Waals surface area contributed by atoms with E-state index in [1.807, 2.05) is 13.1 Å². The summed E-state index contributed by atoms with van der Waals surface area (Å²) >= 11 is 0. The van der Waals surface area contributed by atoms with E-state index in [1.165, 1.54) is 5.56 Å². The van der Waals surface area contributed by atoms with Crippen LogP contribution in [0.4, 0.5) is 11.8 Å². The molecule has 114 valence electrons. The summed E-state index contributed by atoms with van der Waals surface area (Å²) < 4.78 is 1.70. The minimum atomic E-state index is 0.410. The molecular formula is C16H20N6. The first-order chi connectivity index (χ1) is 10.7. The number of benzene rings is 1. The molecular weight excluding hydrogens is 276 g/mol. The van der Waals surface area contributed by atoms with Gasteiger partial charge in [0.25, 0.3) is 0 Å². The summed E-state index contributed by atoms with van der Waals surface area (Å²) in [6, 6.07) is 10.5. The number of hydrogen-bond donors (Lipinski definition) is 2. The van der Waals surface area contributed by atoms with Gasteiger partial charge < -0.3 is 11.1 Å². The smallest absolute Gasteiger partial charge is 0.226 e. The first-order valence-electron chi connectivity index (χ1n) is 7.43. The lowest BCUT2D eigenvalue weighted by Crippen LogP contribution is -2.14. The monoisotopic (exact) mass is 296 g/mol. The topological polar surface area (TPSA) is 81.6 Å². The largest absolute Gasteiger partial charge is 0.383 e. The van der Waals surface area contributed by atoms with E-state index < -0.39 is 0 Å². The highest BCUT2D eigenvalue weighted by atomic mass is 15.3. The van der Waals surface area contributed by atoms with E-state index in [-0.39, 0.29) is 0 Å². The van der Waals surface area contributed by atoms with Crippen molar-refractivity contribution in [3.8, 4) is 0 Å². The molecule has 1 atom stereocenters. The second-order valence-corrected chi connectivity index (χ2v) is 5.33. The van der Waals surface area contributed by atoms with Gasteiger partial charge in [0, 0.05) is 19.5 Å². The van der Waals surface area contributed by atoms with Gasteiger partial charge in [0.15, 0.2) is 5.65 Å². The Morgan fingerprint density at radius 1 is 1.23 bits per heavy atom. The quantitative estimate of drug-likeness (QED) is 0.756. The molecule has 0 aliphatic carbocycles. The second kappa shape index (κ2) is 6.01. The van der Waals surface area contributed by atoms with E-state index in [4.69, 9.17) is 5.73 Å². The van der Waals surface area contributed by atoms with Gasteiger partial charge in [0.2, 0.25) is 5.95 Å². The van der Waals surface area contributed by atoms with Gasteiger partial charge in [-0.3, -0.25) is 4.68 Å². The van der Waals surface area contributed by atoms with E-state index in [2.05, 4.69) is 51.6 Å². The van der Waals surface area contributed by atoms with E-state index in [9.17, 15) is 0 Å². The Bertz CT molecular complexity index is 765. The maximum atomic E-state index is 5.98. The lowest BCUT2D eigenvalue weighted by molar-refractivity contribution is 0.691. The molecule has 0 spiro atoms. The Morgan fingerprint density at radius 2 is 2.00 bits per heavy atom. The Kier molecular flexibility index (Phi) is 3.91. The molecule has 22 heavy (non-hydrogen) atoms. The normalized spacial score (nSPS) is 12.5. The fourth-order valence-corrected chi connectivity index (χ4v) is 2.56. The van der Waals surface area contributed by atoms with Crippen molar-refractivity contribution in [1.82, 2.24) is 19.7 Å². The van der Waals surface area contributed by atoms with Crippen molar-refractivity contribution >= 4 is 22.8 Å². The molecule has 3 rings (SSSR count). The average molecular weight is 296 g/mol. The number of anilines is 2. The van der Waals surface area contributed by atoms with Gasteiger partial charge in [0.05, 0.1) is 11.6 Å². The second-order valence-electron chi connectivity index (χ2n) is 5.33. The van der Waals surface area contributed by atoms with E-state index in [0.717, 1.165) is 24.0 Å². The van der Waals surface area contributed by atoms with Crippen molar-refractivity contribution < 1.29 is 0 Å². The van der Waals surface area contributed by atoms with Crippen LogP contribution in [0.5, 0.6) is 0 Å². The predicted octanol–water partition coefficient (Wildman–Crippen LogP) is 2.55. The number of nitrogens with zero attached hydrogens (tertiary/aromatic N) is 4. The van der Waals surface area contributed by atoms with Crippen LogP contribution in [0.1, 0.15) is 24.8 Å². The van der Waals surface area contributed by atoms with Crippen LogP contribution in [0.3, 0.4) is 0 Å². The van der Waals surface area contributed by atoms with Gasteiger partial charge in [0.1, 0.15) is 5.82 Å². The number of hydrogen-bond acceptors (Lipinski definition) is 5. The van der Waals surface area contributed by atoms with Crippen molar-refractivity contribution in [3.05, 3.63) is 42.1 Å². The molecule has 2 heterocycles. The first-order valence-corrected chi connectivity index (χ1v) is 7.43. The highest BCUT2D eigenvalue weighted by Gasteiger charge is 2.12. The molecule has 6 nitrogen and oxygen atoms in total. The van der Waals surface area contributed by atoms with Crippen LogP contribution in [-0.2, 0) is 7.05 Å². The fourth-order valence-electron chi connectivity index (χ4n) is 2.56. The number of fused-ring (bicyclic) bond motifs is 1. The minimum Gasteiger partial charge on any atom is -0.383 e. The highest BCUT2D eigenvalue weighted by Crippen LogP contribution is 2.21. The van der Waals surface area contributed by atoms with E-state index >= 15 is 0 Å². The van der Waals surface area contributed by atoms with Crippen LogP contribution in [0.2, 0.25) is 0 Å². The number of aryl methyl sites for hydroxylation is 1. The number of rotatable bonds is 5. The summed E-state index contributed by atoms with van der Waals surface area (Å²) in [6.07, 6.45) is 2.73. The molecule has 1 aromatic carbocycles. The maximum Gasteiger partial charge on any atom is 0.226 e. The molecule has 6 heteroatoms. The summed E-state index contributed by atoms with van der Waals surface area (Å²) in [7, 11) is 1.84. The Morgan fingerprint density at radius 3 is 2.73 bits per heavy atom. The zero-order valence-electron chi connectivity index (χ0n) is 12.8. The zero-order chi connectivity index (χ0) is 15.5. The number of nitrogen functional groups attached to an aromatic ring is 1. The highest BCUT2D eigenvalue weighted by molar-refractivity contribution is 5.86. The van der Waals surface area contributed by atoms with Crippen molar-refractivity contribution in [2.45, 2.75) is 19.3 Å². The summed E-state index contributed by atoms with van der Waals surface area (Å²) in [4.78, 5) is 8.81. The third-order valence-corrected chi connectivity index (χ3v) is 3.89. The zero-order valence-corrected chi connectivity index (χ0v) is 12.8. The average Bonchev–Trinajstić information content (AvgIpc) is 2.91. The van der Waals surface area contributed by atoms with Gasteiger partial charge >= 0.3 is 0 Å². The molecule has 0 saturated heterocycles. The molecule has 0 aliphatic rings. The third kappa shape index (κ3) is 2.72. The van der Waals surface area contributed by atoms with E-state index in [1.54, 1.807) is 10.9 Å². The van der Waals surface area contributed by atoms with Gasteiger partial charge in [-0.05, 0) is 12.0 Å². The lowest BCUT2D eigenvalue weighted by Gasteiger charge is -2.16. The molecule has 0 aliphatic heterocycles. The SMILES string of the molecule is CCC(CNc1nc(N)c2cnn(C)c2n1)c1ccccc1. The lowest BCUT2D eigenvalue weighted by atomic mass is 9.97. The molecule has 0 bridgehead atoms. The first kappa shape index (κ1) is 14.3. The Labute approximate surface area is 129 Å². The number of aromatic nitrogens is 4. The number of nitrogens with two attached hydrogens (primary N) is 1.